The minimum absolute atomic E-state index is 0.107. The Bertz CT molecular complexity index is 1100. The van der Waals surface area contributed by atoms with Crippen LogP contribution in [0.4, 0.5) is 0 Å². The number of amides is 1. The molecule has 0 fully saturated rings. The van der Waals surface area contributed by atoms with Gasteiger partial charge in [0.05, 0.1) is 17.6 Å². The van der Waals surface area contributed by atoms with Gasteiger partial charge in [0.1, 0.15) is 18.1 Å². The summed E-state index contributed by atoms with van der Waals surface area (Å²) in [4.78, 5) is 21.3. The molecule has 0 spiro atoms. The predicted molar refractivity (Wildman–Crippen MR) is 105 cm³/mol. The van der Waals surface area contributed by atoms with Crippen LogP contribution in [0.1, 0.15) is 31.4 Å². The number of carbonyl (C=O) groups is 1. The Morgan fingerprint density at radius 3 is 2.86 bits per heavy atom. The summed E-state index contributed by atoms with van der Waals surface area (Å²) in [6.45, 7) is 4.63. The number of carbonyl (C=O) groups excluding carboxylic acids is 1. The van der Waals surface area contributed by atoms with Gasteiger partial charge in [0.2, 0.25) is 5.91 Å². The number of para-hydroxylation sites is 2. The van der Waals surface area contributed by atoms with Gasteiger partial charge in [-0.1, -0.05) is 31.1 Å². The summed E-state index contributed by atoms with van der Waals surface area (Å²) in [6.07, 6.45) is 3.42. The van der Waals surface area contributed by atoms with Gasteiger partial charge in [-0.05, 0) is 24.3 Å². The molecule has 7 nitrogen and oxygen atoms in total. The van der Waals surface area contributed by atoms with Crippen LogP contribution in [-0.2, 0) is 17.9 Å². The monoisotopic (exact) mass is 375 g/mol. The number of nitrogens with one attached hydrogen (secondary N) is 1. The van der Waals surface area contributed by atoms with Crippen LogP contribution in [0.3, 0.4) is 0 Å². The minimum atomic E-state index is -0.107. The van der Waals surface area contributed by atoms with E-state index in [-0.39, 0.29) is 24.9 Å². The van der Waals surface area contributed by atoms with Crippen LogP contribution in [0.15, 0.2) is 59.4 Å². The van der Waals surface area contributed by atoms with Crippen molar-refractivity contribution in [3.8, 4) is 11.3 Å². The molecule has 1 amide bonds. The van der Waals surface area contributed by atoms with Crippen LogP contribution in [0.5, 0.6) is 0 Å². The van der Waals surface area contributed by atoms with Crippen molar-refractivity contribution in [3.63, 3.8) is 0 Å². The molecule has 7 heteroatoms. The maximum absolute atomic E-state index is 12.5. The molecule has 0 bridgehead atoms. The molecular formula is C21H21N5O2. The van der Waals surface area contributed by atoms with Gasteiger partial charge >= 0.3 is 0 Å². The average Bonchev–Trinajstić information content (AvgIpc) is 3.32. The molecule has 1 aromatic carbocycles. The summed E-state index contributed by atoms with van der Waals surface area (Å²) >= 11 is 0. The number of fused-ring (bicyclic) bond motifs is 1. The van der Waals surface area contributed by atoms with E-state index >= 15 is 0 Å². The highest BCUT2D eigenvalue weighted by Gasteiger charge is 2.16. The molecule has 28 heavy (non-hydrogen) atoms. The number of rotatable bonds is 6. The second kappa shape index (κ2) is 7.64. The van der Waals surface area contributed by atoms with Crippen molar-refractivity contribution in [2.45, 2.75) is 32.9 Å². The molecule has 0 aliphatic heterocycles. The fraction of sp³-hybridized carbons (Fsp3) is 0.238. The number of hydrogen-bond donors (Lipinski definition) is 1. The van der Waals surface area contributed by atoms with Gasteiger partial charge in [-0.3, -0.25) is 9.78 Å². The second-order valence-corrected chi connectivity index (χ2v) is 6.90. The standard InChI is InChI=1S/C21H21N5O2/c1-14(2)21-24-17-7-3-4-8-19(17)26(21)13-20(27)23-12-16-10-18(25-28-16)15-6-5-9-22-11-15/h3-11,14H,12-13H2,1-2H3,(H,23,27). The molecule has 142 valence electrons. The third-order valence-electron chi connectivity index (χ3n) is 4.48. The van der Waals surface area contributed by atoms with Crippen molar-refractivity contribution in [1.29, 1.82) is 0 Å². The Hall–Kier alpha value is -3.48. The zero-order valence-corrected chi connectivity index (χ0v) is 15.8. The molecule has 0 saturated carbocycles. The van der Waals surface area contributed by atoms with Crippen molar-refractivity contribution in [2.24, 2.45) is 0 Å². The Morgan fingerprint density at radius 1 is 1.21 bits per heavy atom. The fourth-order valence-corrected chi connectivity index (χ4v) is 3.13. The number of nitrogens with zero attached hydrogens (tertiary/aromatic N) is 4. The van der Waals surface area contributed by atoms with E-state index in [0.29, 0.717) is 11.5 Å². The highest BCUT2D eigenvalue weighted by molar-refractivity contribution is 5.81. The molecule has 4 aromatic rings. The Balaban J connectivity index is 1.45. The fourth-order valence-electron chi connectivity index (χ4n) is 3.13. The molecule has 3 aromatic heterocycles. The molecule has 0 aliphatic rings. The lowest BCUT2D eigenvalue weighted by molar-refractivity contribution is -0.121. The first-order valence-electron chi connectivity index (χ1n) is 9.19. The van der Waals surface area contributed by atoms with Crippen molar-refractivity contribution in [3.05, 3.63) is 66.4 Å². The van der Waals surface area contributed by atoms with Crippen molar-refractivity contribution < 1.29 is 9.32 Å². The molecular weight excluding hydrogens is 354 g/mol. The van der Waals surface area contributed by atoms with Gasteiger partial charge in [0, 0.05) is 29.9 Å². The minimum Gasteiger partial charge on any atom is -0.359 e. The zero-order chi connectivity index (χ0) is 19.5. The van der Waals surface area contributed by atoms with Gasteiger partial charge < -0.3 is 14.4 Å². The maximum atomic E-state index is 12.5. The summed E-state index contributed by atoms with van der Waals surface area (Å²) in [7, 11) is 0. The lowest BCUT2D eigenvalue weighted by Gasteiger charge is -2.11. The largest absolute Gasteiger partial charge is 0.359 e. The van der Waals surface area contributed by atoms with E-state index in [4.69, 9.17) is 4.52 Å². The van der Waals surface area contributed by atoms with Crippen molar-refractivity contribution in [1.82, 2.24) is 25.0 Å². The smallest absolute Gasteiger partial charge is 0.240 e. The topological polar surface area (TPSA) is 85.8 Å². The SMILES string of the molecule is CC(C)c1nc2ccccc2n1CC(=O)NCc1cc(-c2cccnc2)no1. The van der Waals surface area contributed by atoms with Gasteiger partial charge in [0.25, 0.3) is 0 Å². The first-order chi connectivity index (χ1) is 13.6. The Labute approximate surface area is 162 Å². The number of benzene rings is 1. The molecule has 4 rings (SSSR count). The Kier molecular flexibility index (Phi) is 4.89. The molecule has 0 saturated heterocycles. The van der Waals surface area contributed by atoms with E-state index in [0.717, 1.165) is 22.4 Å². The summed E-state index contributed by atoms with van der Waals surface area (Å²) in [5.74, 6) is 1.60. The molecule has 0 radical (unpaired) electrons. The van der Waals surface area contributed by atoms with Crippen LogP contribution in [0, 0.1) is 0 Å². The summed E-state index contributed by atoms with van der Waals surface area (Å²) in [5.41, 5.74) is 3.42. The van der Waals surface area contributed by atoms with Crippen molar-refractivity contribution in [2.75, 3.05) is 0 Å². The lowest BCUT2D eigenvalue weighted by Crippen LogP contribution is -2.27. The number of imidazole rings is 1. The van der Waals surface area contributed by atoms with Gasteiger partial charge in [-0.25, -0.2) is 4.98 Å². The van der Waals surface area contributed by atoms with Crippen LogP contribution < -0.4 is 5.32 Å². The highest BCUT2D eigenvalue weighted by atomic mass is 16.5. The molecule has 0 aliphatic carbocycles. The van der Waals surface area contributed by atoms with E-state index in [1.807, 2.05) is 47.0 Å². The summed E-state index contributed by atoms with van der Waals surface area (Å²) < 4.78 is 7.29. The van der Waals surface area contributed by atoms with Gasteiger partial charge in [0.15, 0.2) is 5.76 Å². The Morgan fingerprint density at radius 2 is 2.07 bits per heavy atom. The summed E-state index contributed by atoms with van der Waals surface area (Å²) in [5, 5.41) is 6.93. The first kappa shape index (κ1) is 17.9. The van der Waals surface area contributed by atoms with Crippen LogP contribution >= 0.6 is 0 Å². The third-order valence-corrected chi connectivity index (χ3v) is 4.48. The zero-order valence-electron chi connectivity index (χ0n) is 15.8. The van der Waals surface area contributed by atoms with E-state index in [2.05, 4.69) is 34.3 Å². The van der Waals surface area contributed by atoms with Crippen LogP contribution in [0.2, 0.25) is 0 Å². The first-order valence-corrected chi connectivity index (χ1v) is 9.19. The quantitative estimate of drug-likeness (QED) is 0.557. The number of aromatic nitrogens is 4. The molecule has 1 N–H and O–H groups in total. The van der Waals surface area contributed by atoms with E-state index in [1.165, 1.54) is 0 Å². The van der Waals surface area contributed by atoms with Crippen molar-refractivity contribution >= 4 is 16.9 Å². The second-order valence-electron chi connectivity index (χ2n) is 6.90. The van der Waals surface area contributed by atoms with E-state index < -0.39 is 0 Å². The highest BCUT2D eigenvalue weighted by Crippen LogP contribution is 2.22. The molecule has 3 heterocycles. The normalized spacial score (nSPS) is 11.2. The third kappa shape index (κ3) is 3.64. The maximum Gasteiger partial charge on any atom is 0.240 e. The van der Waals surface area contributed by atoms with Crippen LogP contribution in [0.25, 0.3) is 22.3 Å². The molecule has 0 unspecified atom stereocenters. The number of hydrogen-bond acceptors (Lipinski definition) is 5. The van der Waals surface area contributed by atoms with Crippen LogP contribution in [-0.4, -0.2) is 25.6 Å². The van der Waals surface area contributed by atoms with E-state index in [9.17, 15) is 4.79 Å². The predicted octanol–water partition coefficient (Wildman–Crippen LogP) is 3.53. The van der Waals surface area contributed by atoms with Gasteiger partial charge in [-0.15, -0.1) is 0 Å². The molecule has 0 atom stereocenters. The van der Waals surface area contributed by atoms with Gasteiger partial charge in [-0.2, -0.15) is 0 Å². The lowest BCUT2D eigenvalue weighted by atomic mass is 10.2. The van der Waals surface area contributed by atoms with E-state index in [1.54, 1.807) is 12.4 Å². The average molecular weight is 375 g/mol. The number of pyridine rings is 1. The summed E-state index contributed by atoms with van der Waals surface area (Å²) in [6, 6.07) is 13.4.